The van der Waals surface area contributed by atoms with Gasteiger partial charge < -0.3 is 0 Å². The molecule has 0 aromatic carbocycles. The van der Waals surface area contributed by atoms with Crippen LogP contribution in [0.1, 0.15) is 40.1 Å². The molecule has 0 saturated carbocycles. The fourth-order valence-corrected chi connectivity index (χ4v) is 2.34. The van der Waals surface area contributed by atoms with E-state index in [9.17, 15) is 4.79 Å². The van der Waals surface area contributed by atoms with Crippen LogP contribution in [0, 0.1) is 13.8 Å². The predicted molar refractivity (Wildman–Crippen MR) is 73.3 cm³/mol. The van der Waals surface area contributed by atoms with E-state index in [0.29, 0.717) is 6.42 Å². The van der Waals surface area contributed by atoms with Crippen molar-refractivity contribution >= 4 is 5.78 Å². The molecular weight excluding hydrogens is 240 g/mol. The Balaban J connectivity index is 2.28. The minimum absolute atomic E-state index is 0.105. The third-order valence-electron chi connectivity index (χ3n) is 3.52. The number of hydrogen-bond donors (Lipinski definition) is 0. The number of nitrogens with zero attached hydrogens (tertiary/aromatic N) is 4. The predicted octanol–water partition coefficient (Wildman–Crippen LogP) is 1.76. The molecule has 0 N–H and O–H groups in total. The van der Waals surface area contributed by atoms with Crippen molar-refractivity contribution in [1.29, 1.82) is 0 Å². The van der Waals surface area contributed by atoms with Gasteiger partial charge >= 0.3 is 0 Å². The first-order chi connectivity index (χ1) is 8.93. The van der Waals surface area contributed by atoms with E-state index in [4.69, 9.17) is 0 Å². The van der Waals surface area contributed by atoms with E-state index in [0.717, 1.165) is 34.8 Å². The van der Waals surface area contributed by atoms with E-state index in [1.807, 2.05) is 34.0 Å². The first-order valence-electron chi connectivity index (χ1n) is 6.49. The van der Waals surface area contributed by atoms with E-state index in [1.54, 1.807) is 9.36 Å². The molecule has 0 bridgehead atoms. The quantitative estimate of drug-likeness (QED) is 0.787. The zero-order chi connectivity index (χ0) is 14.2. The smallest absolute Gasteiger partial charge is 0.172 e. The molecular formula is C14H20N4O. The van der Waals surface area contributed by atoms with Gasteiger partial charge in [-0.1, -0.05) is 6.92 Å². The Morgan fingerprint density at radius 1 is 1.21 bits per heavy atom. The first kappa shape index (κ1) is 13.5. The van der Waals surface area contributed by atoms with Crippen molar-refractivity contribution in [3.05, 3.63) is 34.4 Å². The van der Waals surface area contributed by atoms with Crippen LogP contribution >= 0.6 is 0 Å². The Morgan fingerprint density at radius 2 is 1.89 bits per heavy atom. The minimum atomic E-state index is 0.105. The Labute approximate surface area is 113 Å². The van der Waals surface area contributed by atoms with Crippen molar-refractivity contribution in [1.82, 2.24) is 19.6 Å². The number of hydrogen-bond acceptors (Lipinski definition) is 3. The largest absolute Gasteiger partial charge is 0.294 e. The summed E-state index contributed by atoms with van der Waals surface area (Å²) in [7, 11) is 3.74. The van der Waals surface area contributed by atoms with Crippen LogP contribution in [-0.4, -0.2) is 25.3 Å². The molecule has 2 rings (SSSR count). The molecule has 0 spiro atoms. The van der Waals surface area contributed by atoms with Crippen LogP contribution < -0.4 is 0 Å². The van der Waals surface area contributed by atoms with Gasteiger partial charge in [-0.3, -0.25) is 14.2 Å². The second kappa shape index (κ2) is 4.99. The maximum Gasteiger partial charge on any atom is 0.172 e. The molecule has 5 heteroatoms. The summed E-state index contributed by atoms with van der Waals surface area (Å²) in [5, 5.41) is 8.66. The van der Waals surface area contributed by atoms with E-state index in [2.05, 4.69) is 17.1 Å². The van der Waals surface area contributed by atoms with Gasteiger partial charge in [0.25, 0.3) is 0 Å². The monoisotopic (exact) mass is 260 g/mol. The number of carbonyl (C=O) groups excluding carboxylic acids is 1. The Kier molecular flexibility index (Phi) is 3.55. The molecule has 102 valence electrons. The van der Waals surface area contributed by atoms with Crippen molar-refractivity contribution in [2.24, 2.45) is 14.1 Å². The molecule has 0 aliphatic heterocycles. The molecule has 19 heavy (non-hydrogen) atoms. The van der Waals surface area contributed by atoms with Crippen molar-refractivity contribution in [2.45, 2.75) is 33.6 Å². The lowest BCUT2D eigenvalue weighted by Crippen LogP contribution is -2.10. The molecule has 0 aliphatic carbocycles. The molecule has 5 nitrogen and oxygen atoms in total. The average Bonchev–Trinajstić information content (AvgIpc) is 2.81. The van der Waals surface area contributed by atoms with E-state index in [-0.39, 0.29) is 5.78 Å². The lowest BCUT2D eigenvalue weighted by molar-refractivity contribution is 0.0989. The Hall–Kier alpha value is -1.91. The third kappa shape index (κ3) is 2.45. The van der Waals surface area contributed by atoms with Crippen LogP contribution in [0.15, 0.2) is 6.07 Å². The summed E-state index contributed by atoms with van der Waals surface area (Å²) in [4.78, 5) is 12.4. The fourth-order valence-electron chi connectivity index (χ4n) is 2.34. The molecule has 0 atom stereocenters. The third-order valence-corrected chi connectivity index (χ3v) is 3.52. The van der Waals surface area contributed by atoms with Gasteiger partial charge in [0.05, 0.1) is 23.4 Å². The molecule has 0 radical (unpaired) electrons. The minimum Gasteiger partial charge on any atom is -0.294 e. The van der Waals surface area contributed by atoms with Crippen molar-refractivity contribution < 1.29 is 4.79 Å². The van der Waals surface area contributed by atoms with Gasteiger partial charge in [-0.2, -0.15) is 10.2 Å². The summed E-state index contributed by atoms with van der Waals surface area (Å²) in [5.41, 5.74) is 4.42. The average molecular weight is 260 g/mol. The molecule has 2 aromatic heterocycles. The zero-order valence-electron chi connectivity index (χ0n) is 12.2. The lowest BCUT2D eigenvalue weighted by Gasteiger charge is -2.02. The summed E-state index contributed by atoms with van der Waals surface area (Å²) < 4.78 is 3.54. The number of ketones is 1. The molecule has 0 saturated heterocycles. The SMILES string of the molecule is CCc1cc(CC(=O)c2c(C)nn(C)c2C)n(C)n1. The van der Waals surface area contributed by atoms with Gasteiger partial charge in [-0.25, -0.2) is 0 Å². The van der Waals surface area contributed by atoms with Crippen molar-refractivity contribution in [3.63, 3.8) is 0 Å². The molecule has 2 heterocycles. The summed E-state index contributed by atoms with van der Waals surface area (Å²) >= 11 is 0. The van der Waals surface area contributed by atoms with Crippen LogP contribution in [0.2, 0.25) is 0 Å². The van der Waals surface area contributed by atoms with Gasteiger partial charge in [-0.05, 0) is 26.3 Å². The molecule has 0 amide bonds. The zero-order valence-corrected chi connectivity index (χ0v) is 12.2. The Bertz CT molecular complexity index is 622. The number of rotatable bonds is 4. The second-order valence-electron chi connectivity index (χ2n) is 4.87. The Morgan fingerprint density at radius 3 is 2.37 bits per heavy atom. The van der Waals surface area contributed by atoms with E-state index < -0.39 is 0 Å². The molecule has 0 fully saturated rings. The highest BCUT2D eigenvalue weighted by Crippen LogP contribution is 2.16. The normalized spacial score (nSPS) is 11.0. The highest BCUT2D eigenvalue weighted by atomic mass is 16.1. The first-order valence-corrected chi connectivity index (χ1v) is 6.49. The summed E-state index contributed by atoms with van der Waals surface area (Å²) in [6.07, 6.45) is 1.25. The molecule has 2 aromatic rings. The number of Topliss-reactive ketones (excluding diaryl/α,β-unsaturated/α-hetero) is 1. The lowest BCUT2D eigenvalue weighted by atomic mass is 10.0. The van der Waals surface area contributed by atoms with Gasteiger partial charge in [0.1, 0.15) is 0 Å². The topological polar surface area (TPSA) is 52.7 Å². The van der Waals surface area contributed by atoms with E-state index >= 15 is 0 Å². The number of aromatic nitrogens is 4. The fraction of sp³-hybridized carbons (Fsp3) is 0.500. The van der Waals surface area contributed by atoms with Crippen LogP contribution in [0.25, 0.3) is 0 Å². The summed E-state index contributed by atoms with van der Waals surface area (Å²) in [5.74, 6) is 0.105. The maximum absolute atomic E-state index is 12.4. The second-order valence-corrected chi connectivity index (χ2v) is 4.87. The van der Waals surface area contributed by atoms with Gasteiger partial charge in [-0.15, -0.1) is 0 Å². The molecule has 0 aliphatic rings. The highest BCUT2D eigenvalue weighted by molar-refractivity contribution is 5.99. The highest BCUT2D eigenvalue weighted by Gasteiger charge is 2.19. The van der Waals surface area contributed by atoms with Gasteiger partial charge in [0.15, 0.2) is 5.78 Å². The van der Waals surface area contributed by atoms with E-state index in [1.165, 1.54) is 0 Å². The molecule has 0 unspecified atom stereocenters. The number of carbonyl (C=O) groups is 1. The standard InChI is InChI=1S/C14H20N4O/c1-6-11-7-12(18(5)16-11)8-13(19)14-9(2)15-17(4)10(14)3/h7H,6,8H2,1-5H3. The van der Waals surface area contributed by atoms with Crippen LogP contribution in [0.3, 0.4) is 0 Å². The van der Waals surface area contributed by atoms with Crippen LogP contribution in [0.5, 0.6) is 0 Å². The van der Waals surface area contributed by atoms with Crippen molar-refractivity contribution in [3.8, 4) is 0 Å². The maximum atomic E-state index is 12.4. The van der Waals surface area contributed by atoms with Crippen molar-refractivity contribution in [2.75, 3.05) is 0 Å². The number of aryl methyl sites for hydroxylation is 4. The van der Waals surface area contributed by atoms with Crippen LogP contribution in [-0.2, 0) is 26.9 Å². The van der Waals surface area contributed by atoms with Crippen LogP contribution in [0.4, 0.5) is 0 Å². The van der Waals surface area contributed by atoms with Gasteiger partial charge in [0.2, 0.25) is 0 Å². The summed E-state index contributed by atoms with van der Waals surface area (Å²) in [6, 6.07) is 2.00. The summed E-state index contributed by atoms with van der Waals surface area (Å²) in [6.45, 7) is 5.86. The van der Waals surface area contributed by atoms with Gasteiger partial charge in [0, 0.05) is 25.5 Å².